The van der Waals surface area contributed by atoms with Crippen LogP contribution in [0.3, 0.4) is 0 Å². The van der Waals surface area contributed by atoms with Gasteiger partial charge in [0.05, 0.1) is 15.7 Å². The maximum Gasteiger partial charge on any atom is 0.394 e. The fourth-order valence-electron chi connectivity index (χ4n) is 0.680. The molecule has 10 heteroatoms. The molecule has 0 atom stereocenters. The van der Waals surface area contributed by atoms with Crippen LogP contribution >= 0.6 is 34.8 Å². The second-order valence-corrected chi connectivity index (χ2v) is 4.48. The lowest BCUT2D eigenvalue weighted by molar-refractivity contribution is 0.381. The number of benzene rings is 1. The number of hydrogen-bond acceptors (Lipinski definition) is 4. The number of nitrogens with one attached hydrogen (secondary N) is 1. The molecule has 0 unspecified atom stereocenters. The highest BCUT2D eigenvalue weighted by Crippen LogP contribution is 2.32. The number of nitrogens with two attached hydrogens (primary N) is 1. The number of nitrogen functional groups attached to an aromatic ring is 1. The largest absolute Gasteiger partial charge is 0.394 e. The van der Waals surface area contributed by atoms with Crippen molar-refractivity contribution in [2.45, 2.75) is 0 Å². The van der Waals surface area contributed by atoms with Crippen LogP contribution in [-0.2, 0) is 10.4 Å². The first-order chi connectivity index (χ1) is 7.15. The maximum atomic E-state index is 8.74. The second kappa shape index (κ2) is 6.45. The maximum absolute atomic E-state index is 8.74. The molecule has 0 bridgehead atoms. The molecule has 0 aromatic heterocycles. The number of halogens is 3. The summed E-state index contributed by atoms with van der Waals surface area (Å²) in [4.78, 5) is 0. The minimum absolute atomic E-state index is 0.407. The highest BCUT2D eigenvalue weighted by Gasteiger charge is 2.04. The Balaban J connectivity index is 0.000000385. The lowest BCUT2D eigenvalue weighted by Gasteiger charge is -2.05. The Labute approximate surface area is 107 Å². The SMILES string of the molecule is NNc1c(Cl)cc(Cl)cc1Cl.O=S(=O)(O)O. The molecule has 0 heterocycles. The average Bonchev–Trinajstić information content (AvgIpc) is 1.99. The van der Waals surface area contributed by atoms with Crippen molar-refractivity contribution in [3.05, 3.63) is 27.2 Å². The number of anilines is 1. The van der Waals surface area contributed by atoms with Gasteiger partial charge in [0.2, 0.25) is 0 Å². The molecule has 0 aliphatic heterocycles. The van der Waals surface area contributed by atoms with Crippen LogP contribution in [-0.4, -0.2) is 17.5 Å². The minimum atomic E-state index is -4.67. The van der Waals surface area contributed by atoms with E-state index in [2.05, 4.69) is 5.43 Å². The van der Waals surface area contributed by atoms with E-state index in [4.69, 9.17) is 58.2 Å². The van der Waals surface area contributed by atoms with E-state index >= 15 is 0 Å². The molecule has 16 heavy (non-hydrogen) atoms. The van der Waals surface area contributed by atoms with Crippen molar-refractivity contribution in [3.8, 4) is 0 Å². The summed E-state index contributed by atoms with van der Waals surface area (Å²) in [7, 11) is -4.67. The highest BCUT2D eigenvalue weighted by atomic mass is 35.5. The summed E-state index contributed by atoms with van der Waals surface area (Å²) in [6.45, 7) is 0. The van der Waals surface area contributed by atoms with Gasteiger partial charge in [0.25, 0.3) is 0 Å². The predicted octanol–water partition coefficient (Wildman–Crippen LogP) is 2.28. The second-order valence-electron chi connectivity index (χ2n) is 2.34. The average molecular weight is 310 g/mol. The van der Waals surface area contributed by atoms with Crippen molar-refractivity contribution >= 4 is 50.9 Å². The van der Waals surface area contributed by atoms with Crippen LogP contribution in [0.5, 0.6) is 0 Å². The zero-order chi connectivity index (χ0) is 12.9. The van der Waals surface area contributed by atoms with Gasteiger partial charge < -0.3 is 5.43 Å². The standard InChI is InChI=1S/C6H5Cl3N2.H2O4S/c7-3-1-4(8)6(11-10)5(9)2-3;1-5(2,3)4/h1-2,11H,10H2;(H2,1,2,3,4). The number of rotatable bonds is 1. The number of hydrogen-bond donors (Lipinski definition) is 4. The summed E-state index contributed by atoms with van der Waals surface area (Å²) in [6, 6.07) is 3.12. The molecule has 1 rings (SSSR count). The first-order valence-electron chi connectivity index (χ1n) is 3.46. The topological polar surface area (TPSA) is 113 Å². The first kappa shape index (κ1) is 15.7. The Morgan fingerprint density at radius 1 is 1.12 bits per heavy atom. The molecule has 0 aliphatic rings. The van der Waals surface area contributed by atoms with Gasteiger partial charge in [-0.15, -0.1) is 0 Å². The van der Waals surface area contributed by atoms with E-state index in [0.717, 1.165) is 0 Å². The van der Waals surface area contributed by atoms with Gasteiger partial charge >= 0.3 is 10.4 Å². The molecule has 0 amide bonds. The van der Waals surface area contributed by atoms with Gasteiger partial charge in [-0.25, -0.2) is 0 Å². The predicted molar refractivity (Wildman–Crippen MR) is 63.5 cm³/mol. The van der Waals surface area contributed by atoms with Crippen LogP contribution in [0.4, 0.5) is 5.69 Å². The van der Waals surface area contributed by atoms with E-state index in [-0.39, 0.29) is 0 Å². The van der Waals surface area contributed by atoms with E-state index in [0.29, 0.717) is 20.8 Å². The lowest BCUT2D eigenvalue weighted by atomic mass is 10.3. The fraction of sp³-hybridized carbons (Fsp3) is 0. The fourth-order valence-corrected chi connectivity index (χ4v) is 1.61. The molecule has 0 saturated carbocycles. The molecule has 0 fully saturated rings. The van der Waals surface area contributed by atoms with E-state index in [1.807, 2.05) is 0 Å². The Kier molecular flexibility index (Phi) is 6.34. The summed E-state index contributed by atoms with van der Waals surface area (Å²) in [6.07, 6.45) is 0. The third kappa shape index (κ3) is 7.07. The third-order valence-corrected chi connectivity index (χ3v) is 1.97. The zero-order valence-corrected chi connectivity index (χ0v) is 10.6. The van der Waals surface area contributed by atoms with Crippen LogP contribution in [0, 0.1) is 0 Å². The molecule has 0 saturated heterocycles. The summed E-state index contributed by atoms with van der Waals surface area (Å²) >= 11 is 17.1. The molecule has 0 radical (unpaired) electrons. The molecular formula is C6H7Cl3N2O4S. The van der Waals surface area contributed by atoms with Gasteiger partial charge in [-0.2, -0.15) is 8.42 Å². The van der Waals surface area contributed by atoms with Crippen LogP contribution in [0.1, 0.15) is 0 Å². The van der Waals surface area contributed by atoms with Gasteiger partial charge in [0.1, 0.15) is 0 Å². The van der Waals surface area contributed by atoms with Gasteiger partial charge in [0, 0.05) is 5.02 Å². The van der Waals surface area contributed by atoms with Gasteiger partial charge in [-0.05, 0) is 12.1 Å². The summed E-state index contributed by atoms with van der Waals surface area (Å²) in [5, 5.41) is 1.30. The van der Waals surface area contributed by atoms with Gasteiger partial charge in [0.15, 0.2) is 0 Å². The van der Waals surface area contributed by atoms with Crippen molar-refractivity contribution in [3.63, 3.8) is 0 Å². The van der Waals surface area contributed by atoms with Crippen molar-refractivity contribution in [1.29, 1.82) is 0 Å². The van der Waals surface area contributed by atoms with E-state index in [9.17, 15) is 0 Å². The molecule has 92 valence electrons. The molecule has 1 aromatic rings. The van der Waals surface area contributed by atoms with Crippen molar-refractivity contribution < 1.29 is 17.5 Å². The quantitative estimate of drug-likeness (QED) is 0.359. The molecule has 1 aromatic carbocycles. The summed E-state index contributed by atoms with van der Waals surface area (Å²) in [5.74, 6) is 5.14. The minimum Gasteiger partial charge on any atom is -0.321 e. The Morgan fingerprint density at radius 3 is 1.69 bits per heavy atom. The van der Waals surface area contributed by atoms with Crippen LogP contribution < -0.4 is 11.3 Å². The van der Waals surface area contributed by atoms with Crippen LogP contribution in [0.2, 0.25) is 15.1 Å². The smallest absolute Gasteiger partial charge is 0.321 e. The molecular weight excluding hydrogens is 303 g/mol. The van der Waals surface area contributed by atoms with Crippen molar-refractivity contribution in [1.82, 2.24) is 0 Å². The third-order valence-electron chi connectivity index (χ3n) is 1.15. The molecule has 0 spiro atoms. The van der Waals surface area contributed by atoms with Crippen molar-refractivity contribution in [2.24, 2.45) is 5.84 Å². The highest BCUT2D eigenvalue weighted by molar-refractivity contribution is 7.79. The van der Waals surface area contributed by atoms with E-state index in [1.165, 1.54) is 0 Å². The van der Waals surface area contributed by atoms with Crippen molar-refractivity contribution in [2.75, 3.05) is 5.43 Å². The zero-order valence-electron chi connectivity index (χ0n) is 7.49. The number of hydrazine groups is 1. The van der Waals surface area contributed by atoms with Gasteiger partial charge in [-0.3, -0.25) is 14.9 Å². The first-order valence-corrected chi connectivity index (χ1v) is 5.99. The van der Waals surface area contributed by atoms with E-state index < -0.39 is 10.4 Å². The molecule has 0 aliphatic carbocycles. The lowest BCUT2D eigenvalue weighted by Crippen LogP contribution is -2.07. The monoisotopic (exact) mass is 308 g/mol. The van der Waals surface area contributed by atoms with Gasteiger partial charge in [-0.1, -0.05) is 34.8 Å². The summed E-state index contributed by atoms with van der Waals surface area (Å²) in [5.41, 5.74) is 2.85. The van der Waals surface area contributed by atoms with Crippen LogP contribution in [0.25, 0.3) is 0 Å². The Morgan fingerprint density at radius 2 is 1.44 bits per heavy atom. The Bertz CT molecular complexity index is 434. The van der Waals surface area contributed by atoms with Crippen LogP contribution in [0.15, 0.2) is 12.1 Å². The van der Waals surface area contributed by atoms with E-state index in [1.54, 1.807) is 12.1 Å². The Hall–Kier alpha value is -0.280. The summed E-state index contributed by atoms with van der Waals surface area (Å²) < 4.78 is 31.6. The molecule has 5 N–H and O–H groups in total. The molecule has 6 nitrogen and oxygen atoms in total. The normalized spacial score (nSPS) is 10.4.